The van der Waals surface area contributed by atoms with Gasteiger partial charge in [0.25, 0.3) is 0 Å². The number of methoxy groups -OCH3 is 2. The van der Waals surface area contributed by atoms with Crippen molar-refractivity contribution in [3.05, 3.63) is 33.8 Å². The van der Waals surface area contributed by atoms with Crippen molar-refractivity contribution >= 4 is 23.0 Å². The second kappa shape index (κ2) is 9.14. The molecule has 1 aromatic carbocycles. The van der Waals surface area contributed by atoms with Crippen molar-refractivity contribution in [1.29, 1.82) is 0 Å². The average Bonchev–Trinajstić information content (AvgIpc) is 3.31. The van der Waals surface area contributed by atoms with Crippen molar-refractivity contribution in [2.45, 2.75) is 32.9 Å². The molecule has 7 nitrogen and oxygen atoms in total. The Balaban J connectivity index is 1.57. The number of aryl methyl sites for hydroxylation is 2. The summed E-state index contributed by atoms with van der Waals surface area (Å²) in [5.41, 5.74) is 2.21. The van der Waals surface area contributed by atoms with Gasteiger partial charge in [0.1, 0.15) is 16.5 Å². The fourth-order valence-electron chi connectivity index (χ4n) is 3.25. The Kier molecular flexibility index (Phi) is 6.61. The van der Waals surface area contributed by atoms with Crippen molar-refractivity contribution in [3.63, 3.8) is 0 Å². The Morgan fingerprint density at radius 2 is 1.96 bits per heavy atom. The molecule has 8 heteroatoms. The van der Waals surface area contributed by atoms with E-state index in [4.69, 9.17) is 9.47 Å². The molecule has 0 spiro atoms. The Morgan fingerprint density at radius 3 is 2.54 bits per heavy atom. The van der Waals surface area contributed by atoms with Crippen LogP contribution in [0.2, 0.25) is 0 Å². The maximum absolute atomic E-state index is 5.39. The number of hydrogen-bond donors (Lipinski definition) is 2. The largest absolute Gasteiger partial charge is 0.497 e. The summed E-state index contributed by atoms with van der Waals surface area (Å²) < 4.78 is 10.8. The normalized spacial score (nSPS) is 17.0. The fourth-order valence-corrected chi connectivity index (χ4v) is 4.12. The third kappa shape index (κ3) is 4.86. The number of hydrogen-bond acceptors (Lipinski definition) is 6. The summed E-state index contributed by atoms with van der Waals surface area (Å²) in [6.45, 7) is 6.69. The summed E-state index contributed by atoms with van der Waals surface area (Å²) in [7, 11) is 5.15. The minimum Gasteiger partial charge on any atom is -0.497 e. The first-order valence-corrected chi connectivity index (χ1v) is 10.2. The Hall–Kier alpha value is -2.48. The highest BCUT2D eigenvalue weighted by atomic mass is 32.1. The first-order valence-electron chi connectivity index (χ1n) is 9.40. The summed E-state index contributed by atoms with van der Waals surface area (Å²) in [5.74, 6) is 2.41. The molecule has 2 heterocycles. The molecule has 152 valence electrons. The molecule has 1 saturated heterocycles. The van der Waals surface area contributed by atoms with E-state index in [1.165, 1.54) is 4.88 Å². The van der Waals surface area contributed by atoms with Crippen LogP contribution in [-0.2, 0) is 6.54 Å². The highest BCUT2D eigenvalue weighted by molar-refractivity contribution is 7.11. The predicted molar refractivity (Wildman–Crippen MR) is 115 cm³/mol. The molecule has 0 aliphatic carbocycles. The molecule has 2 N–H and O–H groups in total. The van der Waals surface area contributed by atoms with Crippen LogP contribution in [0.15, 0.2) is 23.2 Å². The fraction of sp³-hybridized carbons (Fsp3) is 0.500. The summed E-state index contributed by atoms with van der Waals surface area (Å²) in [6.07, 6.45) is 1.04. The molecule has 1 atom stereocenters. The van der Waals surface area contributed by atoms with Gasteiger partial charge in [-0.3, -0.25) is 4.99 Å². The lowest BCUT2D eigenvalue weighted by Crippen LogP contribution is -2.44. The van der Waals surface area contributed by atoms with Crippen LogP contribution in [0.1, 0.15) is 22.0 Å². The standard InChI is InChI=1S/C20H29N5O2S/c1-13-14(2)28-19(23-13)11-22-20(21-3)24-15-6-7-25(12-15)16-8-17(26-4)10-18(9-16)27-5/h8-10,15H,6-7,11-12H2,1-5H3,(H2,21,22,24). The molecule has 28 heavy (non-hydrogen) atoms. The van der Waals surface area contributed by atoms with E-state index in [1.54, 1.807) is 32.6 Å². The lowest BCUT2D eigenvalue weighted by molar-refractivity contribution is 0.394. The van der Waals surface area contributed by atoms with E-state index in [9.17, 15) is 0 Å². The van der Waals surface area contributed by atoms with E-state index in [0.717, 1.165) is 53.4 Å². The van der Waals surface area contributed by atoms with Crippen LogP contribution >= 0.6 is 11.3 Å². The van der Waals surface area contributed by atoms with Gasteiger partial charge in [0.15, 0.2) is 5.96 Å². The number of rotatable bonds is 6. The average molecular weight is 404 g/mol. The minimum atomic E-state index is 0.322. The van der Waals surface area contributed by atoms with Crippen LogP contribution in [-0.4, -0.2) is 51.3 Å². The summed E-state index contributed by atoms with van der Waals surface area (Å²) >= 11 is 1.73. The van der Waals surface area contributed by atoms with E-state index in [2.05, 4.69) is 32.4 Å². The molecule has 2 aromatic rings. The zero-order valence-electron chi connectivity index (χ0n) is 17.2. The zero-order chi connectivity index (χ0) is 20.1. The maximum atomic E-state index is 5.39. The zero-order valence-corrected chi connectivity index (χ0v) is 18.0. The SMILES string of the molecule is CN=C(NCc1nc(C)c(C)s1)NC1CCN(c2cc(OC)cc(OC)c2)C1. The maximum Gasteiger partial charge on any atom is 0.191 e. The minimum absolute atomic E-state index is 0.322. The number of guanidine groups is 1. The van der Waals surface area contributed by atoms with Gasteiger partial charge in [-0.2, -0.15) is 0 Å². The van der Waals surface area contributed by atoms with Gasteiger partial charge in [-0.1, -0.05) is 0 Å². The van der Waals surface area contributed by atoms with Crippen molar-refractivity contribution in [2.75, 3.05) is 39.3 Å². The first kappa shape index (κ1) is 20.3. The molecule has 1 aliphatic rings. The number of nitrogens with zero attached hydrogens (tertiary/aromatic N) is 3. The number of ether oxygens (including phenoxy) is 2. The second-order valence-corrected chi connectivity index (χ2v) is 8.11. The molecule has 1 aliphatic heterocycles. The van der Waals surface area contributed by atoms with E-state index < -0.39 is 0 Å². The number of aromatic nitrogens is 1. The van der Waals surface area contributed by atoms with E-state index in [-0.39, 0.29) is 0 Å². The van der Waals surface area contributed by atoms with Crippen LogP contribution < -0.4 is 25.0 Å². The molecule has 0 saturated carbocycles. The van der Waals surface area contributed by atoms with Gasteiger partial charge in [-0.25, -0.2) is 4.98 Å². The molecule has 0 bridgehead atoms. The van der Waals surface area contributed by atoms with Crippen molar-refractivity contribution in [2.24, 2.45) is 4.99 Å². The third-order valence-electron chi connectivity index (χ3n) is 4.93. The lowest BCUT2D eigenvalue weighted by Gasteiger charge is -2.21. The van der Waals surface area contributed by atoms with Gasteiger partial charge >= 0.3 is 0 Å². The Morgan fingerprint density at radius 1 is 1.25 bits per heavy atom. The van der Waals surface area contributed by atoms with Gasteiger partial charge in [0.05, 0.1) is 26.5 Å². The predicted octanol–water partition coefficient (Wildman–Crippen LogP) is 2.72. The smallest absolute Gasteiger partial charge is 0.191 e. The van der Waals surface area contributed by atoms with Gasteiger partial charge in [-0.05, 0) is 20.3 Å². The number of aliphatic imine (C=N–C) groups is 1. The summed E-state index contributed by atoms with van der Waals surface area (Å²) in [6, 6.07) is 6.31. The van der Waals surface area contributed by atoms with E-state index in [0.29, 0.717) is 12.6 Å². The quantitative estimate of drug-likeness (QED) is 0.571. The topological polar surface area (TPSA) is 71.0 Å². The summed E-state index contributed by atoms with van der Waals surface area (Å²) in [4.78, 5) is 12.5. The highest BCUT2D eigenvalue weighted by Crippen LogP contribution is 2.30. The third-order valence-corrected chi connectivity index (χ3v) is 6.01. The molecule has 1 aromatic heterocycles. The molecular weight excluding hydrogens is 374 g/mol. The number of nitrogens with one attached hydrogen (secondary N) is 2. The first-order chi connectivity index (χ1) is 13.5. The van der Waals surface area contributed by atoms with Crippen molar-refractivity contribution in [1.82, 2.24) is 15.6 Å². The Bertz CT molecular complexity index is 794. The molecular formula is C20H29N5O2S. The monoisotopic (exact) mass is 403 g/mol. The number of anilines is 1. The van der Waals surface area contributed by atoms with E-state index >= 15 is 0 Å². The van der Waals surface area contributed by atoms with Crippen molar-refractivity contribution < 1.29 is 9.47 Å². The molecule has 1 fully saturated rings. The number of thiazole rings is 1. The van der Waals surface area contributed by atoms with Gasteiger partial charge in [0, 0.05) is 54.9 Å². The lowest BCUT2D eigenvalue weighted by atomic mass is 10.2. The van der Waals surface area contributed by atoms with Crippen LogP contribution in [0.3, 0.4) is 0 Å². The molecule has 3 rings (SSSR count). The molecule has 0 amide bonds. The van der Waals surface area contributed by atoms with Gasteiger partial charge in [-0.15, -0.1) is 11.3 Å². The molecule has 0 radical (unpaired) electrons. The highest BCUT2D eigenvalue weighted by Gasteiger charge is 2.24. The van der Waals surface area contributed by atoms with Crippen LogP contribution in [0.4, 0.5) is 5.69 Å². The van der Waals surface area contributed by atoms with E-state index in [1.807, 2.05) is 25.1 Å². The number of benzene rings is 1. The van der Waals surface area contributed by atoms with Crippen LogP contribution in [0.25, 0.3) is 0 Å². The Labute approximate surface area is 170 Å². The van der Waals surface area contributed by atoms with Crippen LogP contribution in [0.5, 0.6) is 11.5 Å². The van der Waals surface area contributed by atoms with Crippen molar-refractivity contribution in [3.8, 4) is 11.5 Å². The molecule has 1 unspecified atom stereocenters. The van der Waals surface area contributed by atoms with Gasteiger partial charge in [0.2, 0.25) is 0 Å². The second-order valence-electron chi connectivity index (χ2n) is 6.82. The van der Waals surface area contributed by atoms with Gasteiger partial charge < -0.3 is 25.0 Å². The van der Waals surface area contributed by atoms with Crippen LogP contribution in [0, 0.1) is 13.8 Å². The summed E-state index contributed by atoms with van der Waals surface area (Å²) in [5, 5.41) is 7.98.